The molecule has 5 rings (SSSR count). The summed E-state index contributed by atoms with van der Waals surface area (Å²) in [6.45, 7) is 4.69. The molecule has 2 N–H and O–H groups in total. The van der Waals surface area contributed by atoms with Crippen molar-refractivity contribution in [3.8, 4) is 10.6 Å². The molecule has 3 aliphatic heterocycles. The highest BCUT2D eigenvalue weighted by Gasteiger charge is 2.30. The Bertz CT molecular complexity index is 778. The van der Waals surface area contributed by atoms with Crippen molar-refractivity contribution in [3.05, 3.63) is 35.7 Å². The van der Waals surface area contributed by atoms with Gasteiger partial charge in [-0.2, -0.15) is 0 Å². The quantitative estimate of drug-likeness (QED) is 0.765. The average molecular weight is 391 g/mol. The number of piperidine rings is 1. The Morgan fingerprint density at radius 2 is 1.85 bits per heavy atom. The fraction of sp³-hybridized carbons (Fsp3) is 0.389. The van der Waals surface area contributed by atoms with E-state index >= 15 is 0 Å². The summed E-state index contributed by atoms with van der Waals surface area (Å²) in [5.41, 5.74) is 0. The maximum atomic E-state index is 9.55. The monoisotopic (exact) mass is 391 g/mol. The van der Waals surface area contributed by atoms with Crippen molar-refractivity contribution < 1.29 is 24.3 Å². The third-order valence-electron chi connectivity index (χ3n) is 4.58. The molecule has 0 aliphatic carbocycles. The summed E-state index contributed by atoms with van der Waals surface area (Å²) < 4.78 is 5.51. The van der Waals surface area contributed by atoms with Crippen LogP contribution in [-0.4, -0.2) is 64.4 Å². The minimum absolute atomic E-state index is 0.558. The smallest absolute Gasteiger partial charge is 0.328 e. The summed E-state index contributed by atoms with van der Waals surface area (Å²) in [5.74, 6) is -0.610. The van der Waals surface area contributed by atoms with E-state index in [1.54, 1.807) is 11.3 Å². The van der Waals surface area contributed by atoms with Gasteiger partial charge in [-0.1, -0.05) is 11.2 Å². The zero-order chi connectivity index (χ0) is 19.2. The average Bonchev–Trinajstić information content (AvgIpc) is 3.27. The highest BCUT2D eigenvalue weighted by atomic mass is 32.1. The van der Waals surface area contributed by atoms with Crippen LogP contribution in [0.4, 0.5) is 5.82 Å². The summed E-state index contributed by atoms with van der Waals surface area (Å²) in [7, 11) is 0. The first kappa shape index (κ1) is 19.1. The number of thiophene rings is 1. The number of carboxylic acids is 2. The molecule has 0 radical (unpaired) electrons. The molecule has 3 aliphatic rings. The van der Waals surface area contributed by atoms with Gasteiger partial charge < -0.3 is 24.5 Å². The lowest BCUT2D eigenvalue weighted by molar-refractivity contribution is -0.134. The summed E-state index contributed by atoms with van der Waals surface area (Å²) in [6.07, 6.45) is 3.62. The van der Waals surface area contributed by atoms with Gasteiger partial charge in [-0.05, 0) is 24.3 Å². The zero-order valence-corrected chi connectivity index (χ0v) is 15.5. The Morgan fingerprint density at radius 1 is 1.15 bits per heavy atom. The van der Waals surface area contributed by atoms with Gasteiger partial charge in [-0.3, -0.25) is 0 Å². The van der Waals surface area contributed by atoms with Crippen molar-refractivity contribution in [2.24, 2.45) is 0 Å². The van der Waals surface area contributed by atoms with Crippen LogP contribution in [0.2, 0.25) is 0 Å². The second kappa shape index (κ2) is 8.83. The number of hydrogen-bond acceptors (Lipinski definition) is 7. The molecule has 0 unspecified atom stereocenters. The van der Waals surface area contributed by atoms with Crippen molar-refractivity contribution >= 4 is 29.1 Å². The number of aliphatic carboxylic acids is 2. The Labute approximate surface area is 160 Å². The number of nitrogens with zero attached hydrogens (tertiary/aromatic N) is 3. The van der Waals surface area contributed by atoms with Crippen LogP contribution in [-0.2, 0) is 9.59 Å². The van der Waals surface area contributed by atoms with Crippen LogP contribution < -0.4 is 4.90 Å². The Kier molecular flexibility index (Phi) is 6.25. The summed E-state index contributed by atoms with van der Waals surface area (Å²) in [5, 5.41) is 22.0. The van der Waals surface area contributed by atoms with Gasteiger partial charge in [0.15, 0.2) is 11.6 Å². The maximum Gasteiger partial charge on any atom is 0.328 e. The topological polar surface area (TPSA) is 107 Å². The molecule has 0 saturated carbocycles. The Hall–Kier alpha value is -2.65. The lowest BCUT2D eigenvalue weighted by Gasteiger charge is -2.30. The van der Waals surface area contributed by atoms with Gasteiger partial charge >= 0.3 is 11.9 Å². The van der Waals surface area contributed by atoms with Gasteiger partial charge in [0, 0.05) is 50.4 Å². The highest BCUT2D eigenvalue weighted by molar-refractivity contribution is 7.13. The normalized spacial score (nSPS) is 21.6. The van der Waals surface area contributed by atoms with Crippen LogP contribution in [0.3, 0.4) is 0 Å². The first-order chi connectivity index (χ1) is 13.0. The molecule has 0 amide bonds. The SMILES string of the molecule is O=C(O)/C=C/C(=O)O.c1csc(-c2cc(N3CCN4CCC3CC4)no2)c1. The lowest BCUT2D eigenvalue weighted by atomic mass is 10.1. The largest absolute Gasteiger partial charge is 0.478 e. The van der Waals surface area contributed by atoms with Gasteiger partial charge in [-0.25, -0.2) is 9.59 Å². The standard InChI is InChI=1S/C14H17N3OS.C4H4O4/c1-2-13(19-9-1)12-10-14(15-18-12)17-8-7-16-5-3-11(17)4-6-16;5-3(6)1-2-4(7)8/h1-2,9-11H,3-8H2;1-2H,(H,5,6)(H,7,8)/b;2-1+. The molecule has 0 spiro atoms. The second-order valence-corrected chi connectivity index (χ2v) is 7.25. The Balaban J connectivity index is 0.000000226. The number of rotatable bonds is 4. The molecule has 8 nitrogen and oxygen atoms in total. The lowest BCUT2D eigenvalue weighted by Crippen LogP contribution is -2.38. The van der Waals surface area contributed by atoms with E-state index in [0.29, 0.717) is 18.2 Å². The predicted octanol–water partition coefficient (Wildman–Crippen LogP) is 2.40. The number of fused-ring (bicyclic) bond motifs is 4. The number of carbonyl (C=O) groups is 2. The highest BCUT2D eigenvalue weighted by Crippen LogP contribution is 2.31. The van der Waals surface area contributed by atoms with Gasteiger partial charge in [-0.15, -0.1) is 11.3 Å². The van der Waals surface area contributed by atoms with E-state index < -0.39 is 11.9 Å². The molecule has 9 heteroatoms. The zero-order valence-electron chi connectivity index (χ0n) is 14.7. The second-order valence-electron chi connectivity index (χ2n) is 6.30. The van der Waals surface area contributed by atoms with Crippen LogP contribution in [0.15, 0.2) is 40.3 Å². The summed E-state index contributed by atoms with van der Waals surface area (Å²) in [6, 6.07) is 6.86. The molecule has 0 aromatic carbocycles. The predicted molar refractivity (Wildman–Crippen MR) is 101 cm³/mol. The van der Waals surface area contributed by atoms with E-state index in [2.05, 4.69) is 32.5 Å². The van der Waals surface area contributed by atoms with Crippen LogP contribution in [0.1, 0.15) is 12.8 Å². The molecule has 2 bridgehead atoms. The van der Waals surface area contributed by atoms with E-state index in [0.717, 1.165) is 29.5 Å². The van der Waals surface area contributed by atoms with Crippen LogP contribution >= 0.6 is 11.3 Å². The van der Waals surface area contributed by atoms with E-state index in [1.807, 2.05) is 6.07 Å². The van der Waals surface area contributed by atoms with E-state index in [1.165, 1.54) is 25.9 Å². The van der Waals surface area contributed by atoms with Gasteiger partial charge in [0.1, 0.15) is 0 Å². The van der Waals surface area contributed by atoms with E-state index in [9.17, 15) is 9.59 Å². The molecule has 2 aromatic heterocycles. The minimum atomic E-state index is -1.26. The summed E-state index contributed by atoms with van der Waals surface area (Å²) in [4.78, 5) is 25.3. The molecule has 144 valence electrons. The van der Waals surface area contributed by atoms with Crippen molar-refractivity contribution in [1.29, 1.82) is 0 Å². The number of aromatic nitrogens is 1. The first-order valence-corrected chi connectivity index (χ1v) is 9.54. The van der Waals surface area contributed by atoms with Crippen molar-refractivity contribution in [1.82, 2.24) is 10.1 Å². The maximum absolute atomic E-state index is 9.55. The molecular formula is C18H21N3O5S. The third-order valence-corrected chi connectivity index (χ3v) is 5.46. The third kappa shape index (κ3) is 5.18. The molecule has 3 saturated heterocycles. The summed E-state index contributed by atoms with van der Waals surface area (Å²) >= 11 is 1.69. The minimum Gasteiger partial charge on any atom is -0.478 e. The van der Waals surface area contributed by atoms with E-state index in [4.69, 9.17) is 14.7 Å². The van der Waals surface area contributed by atoms with Gasteiger partial charge in [0.25, 0.3) is 0 Å². The number of carboxylic acid groups (broad SMARTS) is 2. The van der Waals surface area contributed by atoms with Crippen LogP contribution in [0, 0.1) is 0 Å². The van der Waals surface area contributed by atoms with Crippen LogP contribution in [0.5, 0.6) is 0 Å². The molecular weight excluding hydrogens is 370 g/mol. The van der Waals surface area contributed by atoms with Crippen molar-refractivity contribution in [2.45, 2.75) is 18.9 Å². The fourth-order valence-corrected chi connectivity index (χ4v) is 3.94. The fourth-order valence-electron chi connectivity index (χ4n) is 3.27. The van der Waals surface area contributed by atoms with Gasteiger partial charge in [0.2, 0.25) is 0 Å². The molecule has 5 heterocycles. The molecule has 2 aromatic rings. The van der Waals surface area contributed by atoms with E-state index in [-0.39, 0.29) is 0 Å². The van der Waals surface area contributed by atoms with Crippen molar-refractivity contribution in [2.75, 3.05) is 31.1 Å². The van der Waals surface area contributed by atoms with Crippen molar-refractivity contribution in [3.63, 3.8) is 0 Å². The van der Waals surface area contributed by atoms with Gasteiger partial charge in [0.05, 0.1) is 4.88 Å². The Morgan fingerprint density at radius 3 is 2.44 bits per heavy atom. The first-order valence-electron chi connectivity index (χ1n) is 8.66. The van der Waals surface area contributed by atoms with Crippen LogP contribution in [0.25, 0.3) is 10.6 Å². The molecule has 27 heavy (non-hydrogen) atoms. The molecule has 3 fully saturated rings. The number of anilines is 1. The molecule has 0 atom stereocenters. The number of hydrogen-bond donors (Lipinski definition) is 2.